The molecule has 0 saturated carbocycles. The predicted molar refractivity (Wildman–Crippen MR) is 76.0 cm³/mol. The van der Waals surface area contributed by atoms with E-state index in [4.69, 9.17) is 4.74 Å². The number of amides is 1. The monoisotopic (exact) mass is 259 g/mol. The smallest absolute Gasteiger partial charge is 0.225 e. The Morgan fingerprint density at radius 1 is 1.53 bits per heavy atom. The number of nitrogens with zero attached hydrogens (tertiary/aromatic N) is 1. The van der Waals surface area contributed by atoms with Gasteiger partial charge in [0, 0.05) is 19.4 Å². The zero-order valence-electron chi connectivity index (χ0n) is 11.5. The van der Waals surface area contributed by atoms with Crippen molar-refractivity contribution in [1.82, 2.24) is 4.90 Å². The Kier molecular flexibility index (Phi) is 4.61. The third-order valence-corrected chi connectivity index (χ3v) is 3.42. The Morgan fingerprint density at radius 3 is 3.05 bits per heavy atom. The number of rotatable bonds is 5. The lowest BCUT2D eigenvalue weighted by Crippen LogP contribution is -2.38. The van der Waals surface area contributed by atoms with Crippen LogP contribution in [0.25, 0.3) is 0 Å². The highest BCUT2D eigenvalue weighted by Crippen LogP contribution is 2.26. The number of carbonyl (C=O) groups is 1. The maximum absolute atomic E-state index is 11.9. The molecule has 1 aromatic rings. The summed E-state index contributed by atoms with van der Waals surface area (Å²) < 4.78 is 6.05. The van der Waals surface area contributed by atoms with E-state index in [9.17, 15) is 4.79 Å². The number of hydrogen-bond donors (Lipinski definition) is 0. The number of hydrogen-bond acceptors (Lipinski definition) is 2. The van der Waals surface area contributed by atoms with Crippen LogP contribution in [0.4, 0.5) is 0 Å². The van der Waals surface area contributed by atoms with Gasteiger partial charge in [0.15, 0.2) is 6.23 Å². The third-order valence-electron chi connectivity index (χ3n) is 3.42. The summed E-state index contributed by atoms with van der Waals surface area (Å²) in [7, 11) is 0. The molecule has 0 bridgehead atoms. The van der Waals surface area contributed by atoms with Crippen molar-refractivity contribution in [1.29, 1.82) is 0 Å². The summed E-state index contributed by atoms with van der Waals surface area (Å²) >= 11 is 0. The van der Waals surface area contributed by atoms with Crippen molar-refractivity contribution < 1.29 is 9.53 Å². The molecule has 0 aromatic heterocycles. The highest BCUT2D eigenvalue weighted by molar-refractivity contribution is 5.76. The standard InChI is InChI=1S/C16H21NO2/c1-3-8-13-9-5-6-10-14(13)19-16-11-7-12-17(16)15(18)4-2/h3,5-6,9-10,16H,1,4,7-8,11-12H2,2H3. The van der Waals surface area contributed by atoms with Crippen LogP contribution in [0.3, 0.4) is 0 Å². The molecular weight excluding hydrogens is 238 g/mol. The van der Waals surface area contributed by atoms with Crippen LogP contribution in [-0.2, 0) is 11.2 Å². The van der Waals surface area contributed by atoms with Gasteiger partial charge in [-0.25, -0.2) is 0 Å². The number of para-hydroxylation sites is 1. The van der Waals surface area contributed by atoms with E-state index in [1.54, 1.807) is 0 Å². The lowest BCUT2D eigenvalue weighted by atomic mass is 10.1. The molecule has 1 heterocycles. The Labute approximate surface area is 114 Å². The third kappa shape index (κ3) is 3.16. The minimum absolute atomic E-state index is 0.113. The number of benzene rings is 1. The van der Waals surface area contributed by atoms with Crippen LogP contribution in [0, 0.1) is 0 Å². The van der Waals surface area contributed by atoms with E-state index in [0.717, 1.165) is 37.1 Å². The van der Waals surface area contributed by atoms with Crippen LogP contribution in [0.2, 0.25) is 0 Å². The first-order valence-corrected chi connectivity index (χ1v) is 6.91. The van der Waals surface area contributed by atoms with Crippen molar-refractivity contribution in [3.63, 3.8) is 0 Å². The SMILES string of the molecule is C=CCc1ccccc1OC1CCCN1C(=O)CC. The Bertz CT molecular complexity index is 456. The molecule has 0 spiro atoms. The van der Waals surface area contributed by atoms with Gasteiger partial charge in [-0.05, 0) is 24.5 Å². The summed E-state index contributed by atoms with van der Waals surface area (Å²) in [5, 5.41) is 0. The normalized spacial score (nSPS) is 18.4. The fraction of sp³-hybridized carbons (Fsp3) is 0.438. The second-order valence-electron chi connectivity index (χ2n) is 4.76. The first-order valence-electron chi connectivity index (χ1n) is 6.91. The number of carbonyl (C=O) groups excluding carboxylic acids is 1. The van der Waals surface area contributed by atoms with E-state index < -0.39 is 0 Å². The van der Waals surface area contributed by atoms with E-state index in [2.05, 4.69) is 6.58 Å². The topological polar surface area (TPSA) is 29.5 Å². The molecule has 102 valence electrons. The average molecular weight is 259 g/mol. The van der Waals surface area contributed by atoms with Crippen LogP contribution in [0.5, 0.6) is 5.75 Å². The van der Waals surface area contributed by atoms with Gasteiger partial charge in [-0.1, -0.05) is 31.2 Å². The molecule has 1 atom stereocenters. The van der Waals surface area contributed by atoms with Crippen molar-refractivity contribution in [2.75, 3.05) is 6.54 Å². The van der Waals surface area contributed by atoms with E-state index >= 15 is 0 Å². The van der Waals surface area contributed by atoms with E-state index in [-0.39, 0.29) is 12.1 Å². The lowest BCUT2D eigenvalue weighted by Gasteiger charge is -2.26. The van der Waals surface area contributed by atoms with Gasteiger partial charge in [-0.2, -0.15) is 0 Å². The number of allylic oxidation sites excluding steroid dienone is 1. The minimum atomic E-state index is -0.113. The van der Waals surface area contributed by atoms with Gasteiger partial charge in [-0.15, -0.1) is 6.58 Å². The Hall–Kier alpha value is -1.77. The highest BCUT2D eigenvalue weighted by atomic mass is 16.5. The molecule has 19 heavy (non-hydrogen) atoms. The van der Waals surface area contributed by atoms with Gasteiger partial charge < -0.3 is 9.64 Å². The Balaban J connectivity index is 2.12. The van der Waals surface area contributed by atoms with Gasteiger partial charge >= 0.3 is 0 Å². The molecule has 1 fully saturated rings. The van der Waals surface area contributed by atoms with Gasteiger partial charge in [0.1, 0.15) is 5.75 Å². The molecule has 3 nitrogen and oxygen atoms in total. The molecule has 0 radical (unpaired) electrons. The van der Waals surface area contributed by atoms with Crippen molar-refractivity contribution >= 4 is 5.91 Å². The van der Waals surface area contributed by atoms with Crippen molar-refractivity contribution in [2.45, 2.75) is 38.8 Å². The summed E-state index contributed by atoms with van der Waals surface area (Å²) in [6.45, 7) is 6.46. The zero-order chi connectivity index (χ0) is 13.7. The lowest BCUT2D eigenvalue weighted by molar-refractivity contribution is -0.136. The quantitative estimate of drug-likeness (QED) is 0.760. The van der Waals surface area contributed by atoms with Crippen LogP contribution in [-0.4, -0.2) is 23.6 Å². The van der Waals surface area contributed by atoms with Crippen LogP contribution >= 0.6 is 0 Å². The van der Waals surface area contributed by atoms with E-state index in [0.29, 0.717) is 6.42 Å². The summed E-state index contributed by atoms with van der Waals surface area (Å²) in [4.78, 5) is 13.7. The number of likely N-dealkylation sites (tertiary alicyclic amines) is 1. The summed E-state index contributed by atoms with van der Waals surface area (Å²) in [6.07, 6.45) is 5.00. The molecule has 2 rings (SSSR count). The fourth-order valence-electron chi connectivity index (χ4n) is 2.44. The molecule has 1 unspecified atom stereocenters. The van der Waals surface area contributed by atoms with Crippen molar-refractivity contribution in [2.24, 2.45) is 0 Å². The van der Waals surface area contributed by atoms with Gasteiger partial charge in [0.2, 0.25) is 5.91 Å². The van der Waals surface area contributed by atoms with Crippen LogP contribution < -0.4 is 4.74 Å². The van der Waals surface area contributed by atoms with Gasteiger partial charge in [0.05, 0.1) is 0 Å². The molecule has 1 aliphatic heterocycles. The molecular formula is C16H21NO2. The van der Waals surface area contributed by atoms with Crippen LogP contribution in [0.1, 0.15) is 31.7 Å². The molecule has 1 aromatic carbocycles. The zero-order valence-corrected chi connectivity index (χ0v) is 11.5. The molecule has 3 heteroatoms. The number of ether oxygens (including phenoxy) is 1. The largest absolute Gasteiger partial charge is 0.470 e. The second-order valence-corrected chi connectivity index (χ2v) is 4.76. The molecule has 1 saturated heterocycles. The summed E-state index contributed by atoms with van der Waals surface area (Å²) in [6, 6.07) is 7.96. The minimum Gasteiger partial charge on any atom is -0.470 e. The van der Waals surface area contributed by atoms with Gasteiger partial charge in [-0.3, -0.25) is 4.79 Å². The predicted octanol–water partition coefficient (Wildman–Crippen LogP) is 3.15. The molecule has 0 aliphatic carbocycles. The first-order chi connectivity index (χ1) is 9.26. The maximum atomic E-state index is 11.9. The summed E-state index contributed by atoms with van der Waals surface area (Å²) in [5.74, 6) is 1.03. The van der Waals surface area contributed by atoms with Crippen molar-refractivity contribution in [3.05, 3.63) is 42.5 Å². The Morgan fingerprint density at radius 2 is 2.32 bits per heavy atom. The first kappa shape index (κ1) is 13.7. The molecule has 1 aliphatic rings. The average Bonchev–Trinajstić information content (AvgIpc) is 2.88. The second kappa shape index (κ2) is 6.41. The van der Waals surface area contributed by atoms with E-state index in [1.807, 2.05) is 42.2 Å². The van der Waals surface area contributed by atoms with E-state index in [1.165, 1.54) is 0 Å². The van der Waals surface area contributed by atoms with Crippen molar-refractivity contribution in [3.8, 4) is 5.75 Å². The molecule has 1 amide bonds. The molecule has 0 N–H and O–H groups in total. The van der Waals surface area contributed by atoms with Crippen LogP contribution in [0.15, 0.2) is 36.9 Å². The maximum Gasteiger partial charge on any atom is 0.225 e. The highest BCUT2D eigenvalue weighted by Gasteiger charge is 2.29. The fourth-order valence-corrected chi connectivity index (χ4v) is 2.44. The van der Waals surface area contributed by atoms with Gasteiger partial charge in [0.25, 0.3) is 0 Å². The summed E-state index contributed by atoms with van der Waals surface area (Å²) in [5.41, 5.74) is 1.12.